The molecule has 3 rings (SSSR count). The van der Waals surface area contributed by atoms with Crippen LogP contribution < -0.4 is 9.47 Å². The molecular weight excluding hydrogens is 332 g/mol. The largest absolute Gasteiger partial charge is 0.454 e. The molecule has 0 bridgehead atoms. The second-order valence-electron chi connectivity index (χ2n) is 8.22. The predicted molar refractivity (Wildman–Crippen MR) is 98.1 cm³/mol. The number of benzene rings is 1. The van der Waals surface area contributed by atoms with Gasteiger partial charge in [0.2, 0.25) is 18.6 Å². The van der Waals surface area contributed by atoms with E-state index in [-0.39, 0.29) is 24.0 Å². The molecule has 2 aliphatic heterocycles. The average molecular weight is 360 g/mol. The van der Waals surface area contributed by atoms with Gasteiger partial charge in [-0.3, -0.25) is 9.59 Å². The van der Waals surface area contributed by atoms with Gasteiger partial charge < -0.3 is 19.3 Å². The summed E-state index contributed by atoms with van der Waals surface area (Å²) in [7, 11) is 0. The average Bonchev–Trinajstić information content (AvgIpc) is 2.87. The first-order valence-electron chi connectivity index (χ1n) is 9.26. The fourth-order valence-corrected chi connectivity index (χ4v) is 3.32. The van der Waals surface area contributed by atoms with Crippen molar-refractivity contribution in [3.8, 4) is 11.5 Å². The summed E-state index contributed by atoms with van der Waals surface area (Å²) in [6, 6.07) is 5.62. The molecule has 26 heavy (non-hydrogen) atoms. The van der Waals surface area contributed by atoms with Crippen molar-refractivity contribution in [2.45, 2.75) is 40.0 Å². The third kappa shape index (κ3) is 4.68. The van der Waals surface area contributed by atoms with Crippen LogP contribution in [0.3, 0.4) is 0 Å². The molecule has 0 spiro atoms. The first-order valence-corrected chi connectivity index (χ1v) is 9.26. The third-order valence-corrected chi connectivity index (χ3v) is 4.68. The lowest BCUT2D eigenvalue weighted by Crippen LogP contribution is -2.38. The molecule has 2 aliphatic rings. The molecule has 0 saturated carbocycles. The summed E-state index contributed by atoms with van der Waals surface area (Å²) < 4.78 is 10.7. The molecule has 0 N–H and O–H groups in total. The highest BCUT2D eigenvalue weighted by atomic mass is 16.7. The minimum atomic E-state index is -0.0156. The fourth-order valence-electron chi connectivity index (χ4n) is 3.32. The molecule has 1 aromatic rings. The van der Waals surface area contributed by atoms with Crippen LogP contribution in [0.2, 0.25) is 0 Å². The van der Waals surface area contributed by atoms with E-state index in [4.69, 9.17) is 9.47 Å². The van der Waals surface area contributed by atoms with E-state index in [1.807, 2.05) is 28.0 Å². The van der Waals surface area contributed by atoms with Crippen LogP contribution in [-0.4, -0.2) is 54.6 Å². The lowest BCUT2D eigenvalue weighted by Gasteiger charge is -2.25. The van der Waals surface area contributed by atoms with Gasteiger partial charge in [0.05, 0.1) is 6.42 Å². The first-order chi connectivity index (χ1) is 12.3. The summed E-state index contributed by atoms with van der Waals surface area (Å²) in [4.78, 5) is 28.9. The smallest absolute Gasteiger partial charge is 0.231 e. The number of carbonyl (C=O) groups excluding carboxylic acids is 2. The van der Waals surface area contributed by atoms with E-state index < -0.39 is 0 Å². The maximum Gasteiger partial charge on any atom is 0.231 e. The van der Waals surface area contributed by atoms with E-state index in [0.717, 1.165) is 24.3 Å². The second-order valence-corrected chi connectivity index (χ2v) is 8.22. The Bertz CT molecular complexity index is 681. The standard InChI is InChI=1S/C20H28N2O4/c1-20(2,3)13-19(24)22-8-4-7-21(9-10-22)18(23)12-15-5-6-16-17(11-15)26-14-25-16/h5-6,11H,4,7-10,12-14H2,1-3H3. The topological polar surface area (TPSA) is 59.1 Å². The Morgan fingerprint density at radius 2 is 1.62 bits per heavy atom. The number of rotatable bonds is 3. The monoisotopic (exact) mass is 360 g/mol. The van der Waals surface area contributed by atoms with Crippen LogP contribution in [0.25, 0.3) is 0 Å². The van der Waals surface area contributed by atoms with E-state index in [9.17, 15) is 9.59 Å². The third-order valence-electron chi connectivity index (χ3n) is 4.68. The number of ether oxygens (including phenoxy) is 2. The minimum Gasteiger partial charge on any atom is -0.454 e. The minimum absolute atomic E-state index is 0.0156. The van der Waals surface area contributed by atoms with E-state index in [2.05, 4.69) is 20.8 Å². The van der Waals surface area contributed by atoms with Gasteiger partial charge in [-0.05, 0) is 29.5 Å². The predicted octanol–water partition coefficient (Wildman–Crippen LogP) is 2.45. The van der Waals surface area contributed by atoms with Gasteiger partial charge in [-0.1, -0.05) is 26.8 Å². The van der Waals surface area contributed by atoms with Crippen molar-refractivity contribution in [2.75, 3.05) is 33.0 Å². The van der Waals surface area contributed by atoms with Crippen molar-refractivity contribution < 1.29 is 19.1 Å². The Morgan fingerprint density at radius 3 is 2.31 bits per heavy atom. The first kappa shape index (κ1) is 18.5. The van der Waals surface area contributed by atoms with Crippen LogP contribution in [0.1, 0.15) is 39.2 Å². The van der Waals surface area contributed by atoms with E-state index >= 15 is 0 Å². The maximum atomic E-state index is 12.7. The van der Waals surface area contributed by atoms with Crippen molar-refractivity contribution >= 4 is 11.8 Å². The van der Waals surface area contributed by atoms with Crippen LogP contribution in [-0.2, 0) is 16.0 Å². The van der Waals surface area contributed by atoms with Crippen molar-refractivity contribution in [1.29, 1.82) is 0 Å². The van der Waals surface area contributed by atoms with E-state index in [1.165, 1.54) is 0 Å². The van der Waals surface area contributed by atoms with Gasteiger partial charge in [-0.25, -0.2) is 0 Å². The van der Waals surface area contributed by atoms with Crippen LogP contribution in [0, 0.1) is 5.41 Å². The Hall–Kier alpha value is -2.24. The number of carbonyl (C=O) groups is 2. The number of fused-ring (bicyclic) bond motifs is 1. The molecule has 2 amide bonds. The zero-order chi connectivity index (χ0) is 18.7. The lowest BCUT2D eigenvalue weighted by molar-refractivity contribution is -0.134. The normalized spacial score (nSPS) is 17.2. The van der Waals surface area contributed by atoms with Gasteiger partial charge in [0.1, 0.15) is 0 Å². The molecule has 0 atom stereocenters. The lowest BCUT2D eigenvalue weighted by atomic mass is 9.91. The highest BCUT2D eigenvalue weighted by Crippen LogP contribution is 2.32. The van der Waals surface area contributed by atoms with Crippen LogP contribution in [0.4, 0.5) is 0 Å². The molecule has 6 heteroatoms. The van der Waals surface area contributed by atoms with Crippen LogP contribution >= 0.6 is 0 Å². The second kappa shape index (κ2) is 7.56. The van der Waals surface area contributed by atoms with Crippen LogP contribution in [0.5, 0.6) is 11.5 Å². The number of hydrogen-bond acceptors (Lipinski definition) is 4. The van der Waals surface area contributed by atoms with Gasteiger partial charge in [0.15, 0.2) is 11.5 Å². The Balaban J connectivity index is 1.55. The molecule has 1 aromatic carbocycles. The summed E-state index contributed by atoms with van der Waals surface area (Å²) in [5.74, 6) is 1.70. The summed E-state index contributed by atoms with van der Waals surface area (Å²) in [6.07, 6.45) is 1.70. The summed E-state index contributed by atoms with van der Waals surface area (Å²) in [5, 5.41) is 0. The SMILES string of the molecule is CC(C)(C)CC(=O)N1CCCN(C(=O)Cc2ccc3c(c2)OCO3)CC1. The molecule has 1 saturated heterocycles. The van der Waals surface area contributed by atoms with Crippen molar-refractivity contribution in [3.63, 3.8) is 0 Å². The summed E-state index contributed by atoms with van der Waals surface area (Å²) in [6.45, 7) is 9.08. The van der Waals surface area contributed by atoms with Gasteiger partial charge >= 0.3 is 0 Å². The summed E-state index contributed by atoms with van der Waals surface area (Å²) >= 11 is 0. The fraction of sp³-hybridized carbons (Fsp3) is 0.600. The Labute approximate surface area is 155 Å². The molecule has 0 radical (unpaired) electrons. The molecular formula is C20H28N2O4. The molecule has 142 valence electrons. The van der Waals surface area contributed by atoms with Crippen LogP contribution in [0.15, 0.2) is 18.2 Å². The summed E-state index contributed by atoms with van der Waals surface area (Å²) in [5.41, 5.74) is 0.905. The van der Waals surface area contributed by atoms with Crippen molar-refractivity contribution in [3.05, 3.63) is 23.8 Å². The van der Waals surface area contributed by atoms with E-state index in [1.54, 1.807) is 0 Å². The van der Waals surface area contributed by atoms with Gasteiger partial charge in [0, 0.05) is 32.6 Å². The Morgan fingerprint density at radius 1 is 0.962 bits per heavy atom. The number of amides is 2. The molecule has 1 fully saturated rings. The zero-order valence-electron chi connectivity index (χ0n) is 15.9. The van der Waals surface area contributed by atoms with Gasteiger partial charge in [-0.15, -0.1) is 0 Å². The molecule has 0 unspecified atom stereocenters. The highest BCUT2D eigenvalue weighted by Gasteiger charge is 2.25. The van der Waals surface area contributed by atoms with E-state index in [0.29, 0.717) is 38.2 Å². The van der Waals surface area contributed by atoms with Crippen molar-refractivity contribution in [2.24, 2.45) is 5.41 Å². The van der Waals surface area contributed by atoms with Gasteiger partial charge in [0.25, 0.3) is 0 Å². The Kier molecular flexibility index (Phi) is 5.39. The number of hydrogen-bond donors (Lipinski definition) is 0. The molecule has 0 aliphatic carbocycles. The quantitative estimate of drug-likeness (QED) is 0.831. The van der Waals surface area contributed by atoms with Crippen molar-refractivity contribution in [1.82, 2.24) is 9.80 Å². The van der Waals surface area contributed by atoms with Gasteiger partial charge in [-0.2, -0.15) is 0 Å². The maximum absolute atomic E-state index is 12.7. The number of nitrogens with zero attached hydrogens (tertiary/aromatic N) is 2. The highest BCUT2D eigenvalue weighted by molar-refractivity contribution is 5.80. The molecule has 6 nitrogen and oxygen atoms in total. The molecule has 2 heterocycles. The zero-order valence-corrected chi connectivity index (χ0v) is 15.9. The molecule has 0 aromatic heterocycles.